The number of carbonyl (C=O) groups is 1. The van der Waals surface area contributed by atoms with Crippen LogP contribution in [-0.2, 0) is 10.3 Å². The summed E-state index contributed by atoms with van der Waals surface area (Å²) in [5, 5.41) is 16.5. The number of hydrogen-bond acceptors (Lipinski definition) is 7. The van der Waals surface area contributed by atoms with Gasteiger partial charge >= 0.3 is 6.09 Å². The molecular formula is C22H24ClN3O4S. The molecule has 1 saturated heterocycles. The van der Waals surface area contributed by atoms with E-state index in [-0.39, 0.29) is 6.09 Å². The predicted molar refractivity (Wildman–Crippen MR) is 119 cm³/mol. The molecular weight excluding hydrogens is 438 g/mol. The molecule has 0 aliphatic carbocycles. The number of nitrogens with zero attached hydrogens (tertiary/aromatic N) is 3. The molecule has 1 N–H and O–H groups in total. The molecule has 4 rings (SSSR count). The van der Waals surface area contributed by atoms with Gasteiger partial charge in [-0.05, 0) is 26.8 Å². The normalized spacial score (nSPS) is 16.4. The number of aromatic nitrogens is 2. The van der Waals surface area contributed by atoms with Crippen LogP contribution in [0.1, 0.15) is 38.6 Å². The van der Waals surface area contributed by atoms with Crippen molar-refractivity contribution in [1.29, 1.82) is 0 Å². The molecule has 0 bridgehead atoms. The number of benzene rings is 1. The summed E-state index contributed by atoms with van der Waals surface area (Å²) in [6.45, 7) is 6.31. The lowest BCUT2D eigenvalue weighted by atomic mass is 9.92. The maximum atomic E-state index is 12.3. The largest absolute Gasteiger partial charge is 0.444 e. The molecule has 1 amide bonds. The molecule has 1 aliphatic rings. The number of rotatable bonds is 3. The summed E-state index contributed by atoms with van der Waals surface area (Å²) >= 11 is 7.61. The van der Waals surface area contributed by atoms with Crippen LogP contribution in [0.3, 0.4) is 0 Å². The first kappa shape index (κ1) is 21.8. The second-order valence-corrected chi connectivity index (χ2v) is 10.0. The molecule has 1 aromatic carbocycles. The maximum Gasteiger partial charge on any atom is 0.410 e. The van der Waals surface area contributed by atoms with Crippen LogP contribution in [0.4, 0.5) is 4.79 Å². The van der Waals surface area contributed by atoms with Crippen LogP contribution in [0.5, 0.6) is 0 Å². The van der Waals surface area contributed by atoms with Gasteiger partial charge in [-0.15, -0.1) is 11.3 Å². The molecule has 164 valence electrons. The van der Waals surface area contributed by atoms with Gasteiger partial charge in [0.05, 0.1) is 9.90 Å². The Morgan fingerprint density at radius 3 is 2.68 bits per heavy atom. The molecule has 0 spiro atoms. The lowest BCUT2D eigenvalue weighted by molar-refractivity contribution is -0.0357. The van der Waals surface area contributed by atoms with Crippen molar-refractivity contribution in [2.24, 2.45) is 0 Å². The number of ether oxygens (including phenoxy) is 1. The Hall–Kier alpha value is -2.42. The van der Waals surface area contributed by atoms with Crippen molar-refractivity contribution in [3.63, 3.8) is 0 Å². The van der Waals surface area contributed by atoms with Crippen LogP contribution < -0.4 is 0 Å². The summed E-state index contributed by atoms with van der Waals surface area (Å²) in [4.78, 5) is 19.1. The lowest BCUT2D eigenvalue weighted by Gasteiger charge is -2.37. The SMILES string of the molecule is CC(C)(C)OC(=O)N1CCC(O)(c2ncc(-c3cc(-c4ccccc4Cl)no3)s2)CC1. The van der Waals surface area contributed by atoms with Gasteiger partial charge in [-0.3, -0.25) is 0 Å². The zero-order valence-corrected chi connectivity index (χ0v) is 19.2. The molecule has 1 aliphatic heterocycles. The number of carbonyl (C=O) groups excluding carboxylic acids is 1. The van der Waals surface area contributed by atoms with Gasteiger partial charge in [0.15, 0.2) is 5.76 Å². The molecule has 3 aromatic rings. The Morgan fingerprint density at radius 2 is 2.00 bits per heavy atom. The highest BCUT2D eigenvalue weighted by Crippen LogP contribution is 2.39. The van der Waals surface area contributed by atoms with E-state index >= 15 is 0 Å². The Balaban J connectivity index is 1.46. The molecule has 1 fully saturated rings. The van der Waals surface area contributed by atoms with Crippen molar-refractivity contribution in [3.8, 4) is 21.9 Å². The number of piperidine rings is 1. The number of hydrogen-bond donors (Lipinski definition) is 1. The third-order valence-corrected chi connectivity index (χ3v) is 6.58. The first-order valence-corrected chi connectivity index (χ1v) is 11.2. The highest BCUT2D eigenvalue weighted by atomic mass is 35.5. The molecule has 7 nitrogen and oxygen atoms in total. The third kappa shape index (κ3) is 4.76. The minimum absolute atomic E-state index is 0.358. The van der Waals surface area contributed by atoms with E-state index in [1.807, 2.05) is 45.0 Å². The van der Waals surface area contributed by atoms with Crippen molar-refractivity contribution in [2.75, 3.05) is 13.1 Å². The van der Waals surface area contributed by atoms with E-state index in [1.54, 1.807) is 17.2 Å². The first-order chi connectivity index (χ1) is 14.6. The highest BCUT2D eigenvalue weighted by Gasteiger charge is 2.39. The topological polar surface area (TPSA) is 88.7 Å². The molecule has 9 heteroatoms. The smallest absolute Gasteiger partial charge is 0.410 e. The summed E-state index contributed by atoms with van der Waals surface area (Å²) in [7, 11) is 0. The van der Waals surface area contributed by atoms with Crippen LogP contribution in [0.2, 0.25) is 5.02 Å². The molecule has 0 saturated carbocycles. The quantitative estimate of drug-likeness (QED) is 0.566. The fourth-order valence-electron chi connectivity index (χ4n) is 3.39. The summed E-state index contributed by atoms with van der Waals surface area (Å²) < 4.78 is 10.9. The van der Waals surface area contributed by atoms with Crippen LogP contribution in [0.15, 0.2) is 41.1 Å². The van der Waals surface area contributed by atoms with Crippen LogP contribution in [-0.4, -0.2) is 44.9 Å². The molecule has 0 radical (unpaired) electrons. The number of aliphatic hydroxyl groups is 1. The summed E-state index contributed by atoms with van der Waals surface area (Å²) in [5.74, 6) is 0.563. The van der Waals surface area contributed by atoms with Crippen molar-refractivity contribution in [1.82, 2.24) is 15.0 Å². The Morgan fingerprint density at radius 1 is 1.29 bits per heavy atom. The fraction of sp³-hybridized carbons (Fsp3) is 0.409. The second-order valence-electron chi connectivity index (χ2n) is 8.58. The third-order valence-electron chi connectivity index (χ3n) is 5.05. The molecule has 0 atom stereocenters. The molecule has 3 heterocycles. The van der Waals surface area contributed by atoms with E-state index in [9.17, 15) is 9.90 Å². The van der Waals surface area contributed by atoms with Crippen LogP contribution in [0, 0.1) is 0 Å². The van der Waals surface area contributed by atoms with E-state index in [0.717, 1.165) is 10.4 Å². The van der Waals surface area contributed by atoms with E-state index in [4.69, 9.17) is 20.9 Å². The number of amides is 1. The van der Waals surface area contributed by atoms with Gasteiger partial charge in [0, 0.05) is 43.8 Å². The Bertz CT molecular complexity index is 1080. The van der Waals surface area contributed by atoms with Crippen LogP contribution in [0.25, 0.3) is 21.9 Å². The standard InChI is InChI=1S/C22H24ClN3O4S/c1-21(2,3)29-20(27)26-10-8-22(28,9-11-26)19-24-13-18(31-19)17-12-16(25-30-17)14-6-4-5-7-15(14)23/h4-7,12-13,28H,8-11H2,1-3H3. The summed E-state index contributed by atoms with van der Waals surface area (Å²) in [6, 6.07) is 9.24. The van der Waals surface area contributed by atoms with E-state index in [0.29, 0.717) is 47.4 Å². The van der Waals surface area contributed by atoms with Crippen molar-refractivity contribution in [2.45, 2.75) is 44.8 Å². The minimum Gasteiger partial charge on any atom is -0.444 e. The van der Waals surface area contributed by atoms with Gasteiger partial charge in [-0.25, -0.2) is 9.78 Å². The zero-order chi connectivity index (χ0) is 22.2. The van der Waals surface area contributed by atoms with Crippen LogP contribution >= 0.6 is 22.9 Å². The number of halogens is 1. The average Bonchev–Trinajstić information content (AvgIpc) is 3.37. The maximum absolute atomic E-state index is 12.3. The fourth-order valence-corrected chi connectivity index (χ4v) is 4.63. The molecule has 2 aromatic heterocycles. The van der Waals surface area contributed by atoms with Gasteiger partial charge in [-0.1, -0.05) is 35.0 Å². The number of thiazole rings is 1. The first-order valence-electron chi connectivity index (χ1n) is 10.0. The molecule has 31 heavy (non-hydrogen) atoms. The highest BCUT2D eigenvalue weighted by molar-refractivity contribution is 7.15. The van der Waals surface area contributed by atoms with E-state index in [1.165, 1.54) is 11.3 Å². The van der Waals surface area contributed by atoms with E-state index in [2.05, 4.69) is 10.1 Å². The van der Waals surface area contributed by atoms with Gasteiger partial charge in [-0.2, -0.15) is 0 Å². The number of likely N-dealkylation sites (tertiary alicyclic amines) is 1. The van der Waals surface area contributed by atoms with Crippen molar-refractivity contribution >= 4 is 29.0 Å². The minimum atomic E-state index is -1.09. The average molecular weight is 462 g/mol. The second kappa shape index (κ2) is 8.26. The predicted octanol–water partition coefficient (Wildman–Crippen LogP) is 5.34. The zero-order valence-electron chi connectivity index (χ0n) is 17.6. The van der Waals surface area contributed by atoms with Gasteiger partial charge in [0.2, 0.25) is 0 Å². The van der Waals surface area contributed by atoms with Gasteiger partial charge in [0.25, 0.3) is 0 Å². The molecule has 0 unspecified atom stereocenters. The summed E-state index contributed by atoms with van der Waals surface area (Å²) in [6.07, 6.45) is 2.10. The monoisotopic (exact) mass is 461 g/mol. The van der Waals surface area contributed by atoms with Gasteiger partial charge < -0.3 is 19.3 Å². The van der Waals surface area contributed by atoms with Gasteiger partial charge in [0.1, 0.15) is 21.9 Å². The lowest BCUT2D eigenvalue weighted by Crippen LogP contribution is -2.46. The van der Waals surface area contributed by atoms with Crippen molar-refractivity contribution in [3.05, 3.63) is 46.6 Å². The Kier molecular flexibility index (Phi) is 5.81. The summed E-state index contributed by atoms with van der Waals surface area (Å²) in [5.41, 5.74) is -0.209. The van der Waals surface area contributed by atoms with E-state index < -0.39 is 11.2 Å². The van der Waals surface area contributed by atoms with Crippen molar-refractivity contribution < 1.29 is 19.2 Å². The Labute approximate surface area is 189 Å².